The fraction of sp³-hybridized carbons (Fsp3) is 0.485. The maximum Gasteiger partial charge on any atom is 0.336 e. The van der Waals surface area contributed by atoms with E-state index in [1.807, 2.05) is 0 Å². The van der Waals surface area contributed by atoms with Crippen molar-refractivity contribution in [1.82, 2.24) is 9.88 Å². The number of nitrogens with one attached hydrogen (secondary N) is 1. The number of rotatable bonds is 12. The van der Waals surface area contributed by atoms with E-state index >= 15 is 0 Å². The van der Waals surface area contributed by atoms with E-state index in [1.54, 1.807) is 0 Å². The lowest BCUT2D eigenvalue weighted by molar-refractivity contribution is -0.170. The predicted molar refractivity (Wildman–Crippen MR) is 162 cm³/mol. The Kier molecular flexibility index (Phi) is 11.3. The predicted octanol–water partition coefficient (Wildman–Crippen LogP) is 5.66. The summed E-state index contributed by atoms with van der Waals surface area (Å²) >= 11 is 0. The Bertz CT molecular complexity index is 1320. The first kappa shape index (κ1) is 32.8. The van der Waals surface area contributed by atoms with Crippen molar-refractivity contribution in [2.24, 2.45) is 0 Å². The zero-order chi connectivity index (χ0) is 30.9. The van der Waals surface area contributed by atoms with E-state index in [9.17, 15) is 14.4 Å². The van der Waals surface area contributed by atoms with E-state index in [4.69, 9.17) is 20.4 Å². The second-order valence-corrected chi connectivity index (χ2v) is 11.7. The molecule has 9 nitrogen and oxygen atoms in total. The summed E-state index contributed by atoms with van der Waals surface area (Å²) in [5.74, 6) is -4.37. The van der Waals surface area contributed by atoms with Crippen molar-refractivity contribution >= 4 is 28.8 Å². The largest absolute Gasteiger partial charge is 0.481 e. The number of nitrogens with zero attached hydrogens (tertiary/aromatic N) is 1. The van der Waals surface area contributed by atoms with Gasteiger partial charge in [0.25, 0.3) is 0 Å². The Hall–Kier alpha value is -3.69. The van der Waals surface area contributed by atoms with Crippen LogP contribution in [0.4, 0.5) is 0 Å². The molecule has 0 aliphatic heterocycles. The van der Waals surface area contributed by atoms with Crippen LogP contribution in [0.25, 0.3) is 10.9 Å². The van der Waals surface area contributed by atoms with Crippen molar-refractivity contribution < 1.29 is 34.8 Å². The van der Waals surface area contributed by atoms with Crippen LogP contribution < -0.4 is 0 Å². The molecule has 2 aromatic carbocycles. The van der Waals surface area contributed by atoms with Crippen molar-refractivity contribution in [1.29, 1.82) is 0 Å². The zero-order valence-corrected chi connectivity index (χ0v) is 24.8. The highest BCUT2D eigenvalue weighted by atomic mass is 16.4. The third-order valence-electron chi connectivity index (χ3n) is 8.62. The SMILES string of the molecule is CCCCC1(N(C)C)CCC(c2[nH]c3ccccc3c2Cc2ccccc2)CC1.O=C(O)CC(O)(CC(=O)O)C(=O)O. The molecule has 0 spiro atoms. The van der Waals surface area contributed by atoms with Crippen LogP contribution in [0.3, 0.4) is 0 Å². The fourth-order valence-electron chi connectivity index (χ4n) is 6.14. The molecule has 0 atom stereocenters. The van der Waals surface area contributed by atoms with Crippen LogP contribution in [0.2, 0.25) is 0 Å². The number of unbranched alkanes of at least 4 members (excludes halogenated alkanes) is 1. The van der Waals surface area contributed by atoms with E-state index in [0.717, 1.165) is 6.42 Å². The summed E-state index contributed by atoms with van der Waals surface area (Å²) < 4.78 is 0. The standard InChI is InChI=1S/C27H36N2.C6H8O7/c1-4-5-17-27(29(2)3)18-15-22(16-19-27)26-24(20-21-11-7-6-8-12-21)23-13-9-10-14-25(23)28-26;7-3(8)1-6(13,5(11)12)2-4(9)10/h6-14,22,28H,4-5,15-20H2,1-3H3;13H,1-2H2,(H,7,8)(H,9,10)(H,11,12). The Morgan fingerprint density at radius 1 is 0.929 bits per heavy atom. The van der Waals surface area contributed by atoms with Crippen LogP contribution in [-0.2, 0) is 20.8 Å². The highest BCUT2D eigenvalue weighted by molar-refractivity contribution is 5.88. The number of fused-ring (bicyclic) bond motifs is 1. The number of benzene rings is 2. The highest BCUT2D eigenvalue weighted by Gasteiger charge is 2.41. The first-order valence-electron chi connectivity index (χ1n) is 14.6. The van der Waals surface area contributed by atoms with Gasteiger partial charge in [-0.2, -0.15) is 0 Å². The number of carboxylic acids is 3. The molecular formula is C33H44N2O7. The van der Waals surface area contributed by atoms with E-state index in [-0.39, 0.29) is 0 Å². The van der Waals surface area contributed by atoms with Gasteiger partial charge in [0.1, 0.15) is 0 Å². The van der Waals surface area contributed by atoms with Gasteiger partial charge in [-0.05, 0) is 75.7 Å². The third kappa shape index (κ3) is 8.20. The van der Waals surface area contributed by atoms with Crippen LogP contribution in [0.1, 0.15) is 87.4 Å². The van der Waals surface area contributed by atoms with Gasteiger partial charge in [-0.15, -0.1) is 0 Å². The maximum absolute atomic E-state index is 10.3. The molecule has 1 aliphatic carbocycles. The number of hydrogen-bond acceptors (Lipinski definition) is 5. The number of aliphatic hydroxyl groups is 1. The number of H-pyrrole nitrogens is 1. The summed E-state index contributed by atoms with van der Waals surface area (Å²) in [4.78, 5) is 36.8. The van der Waals surface area contributed by atoms with Crippen LogP contribution in [0.15, 0.2) is 54.6 Å². The number of aromatic amines is 1. The molecule has 0 unspecified atom stereocenters. The quantitative estimate of drug-likeness (QED) is 0.184. The van der Waals surface area contributed by atoms with E-state index in [1.165, 1.54) is 72.7 Å². The summed E-state index contributed by atoms with van der Waals surface area (Å²) in [6, 6.07) is 19.8. The Labute approximate surface area is 247 Å². The average molecular weight is 581 g/mol. The molecule has 1 aromatic heterocycles. The molecule has 4 rings (SSSR count). The second kappa shape index (κ2) is 14.5. The minimum atomic E-state index is -2.74. The van der Waals surface area contributed by atoms with Gasteiger partial charge in [0.15, 0.2) is 5.60 Å². The number of hydrogen-bond donors (Lipinski definition) is 5. The molecular weight excluding hydrogens is 536 g/mol. The van der Waals surface area contributed by atoms with Crippen molar-refractivity contribution in [3.05, 3.63) is 71.4 Å². The van der Waals surface area contributed by atoms with Gasteiger partial charge >= 0.3 is 17.9 Å². The van der Waals surface area contributed by atoms with Gasteiger partial charge in [0.05, 0.1) is 12.8 Å². The van der Waals surface area contributed by atoms with Crippen molar-refractivity contribution in [2.75, 3.05) is 14.1 Å². The monoisotopic (exact) mass is 580 g/mol. The molecule has 1 heterocycles. The highest BCUT2D eigenvalue weighted by Crippen LogP contribution is 2.44. The van der Waals surface area contributed by atoms with Gasteiger partial charge in [0, 0.05) is 22.1 Å². The van der Waals surface area contributed by atoms with Gasteiger partial charge in [-0.25, -0.2) is 4.79 Å². The molecule has 3 aromatic rings. The molecule has 1 fully saturated rings. The summed E-state index contributed by atoms with van der Waals surface area (Å²) in [6.45, 7) is 2.31. The average Bonchev–Trinajstić information content (AvgIpc) is 3.30. The number of carbonyl (C=O) groups is 3. The maximum atomic E-state index is 10.3. The summed E-state index contributed by atoms with van der Waals surface area (Å²) in [7, 11) is 4.58. The summed E-state index contributed by atoms with van der Waals surface area (Å²) in [5.41, 5.74) is 3.37. The molecule has 42 heavy (non-hydrogen) atoms. The molecule has 1 saturated carbocycles. The second-order valence-electron chi connectivity index (χ2n) is 11.7. The van der Waals surface area contributed by atoms with Crippen LogP contribution >= 0.6 is 0 Å². The Morgan fingerprint density at radius 3 is 2.02 bits per heavy atom. The lowest BCUT2D eigenvalue weighted by Gasteiger charge is -2.45. The van der Waals surface area contributed by atoms with Crippen molar-refractivity contribution in [3.63, 3.8) is 0 Å². The molecule has 1 aliphatic rings. The first-order chi connectivity index (χ1) is 19.9. The Morgan fingerprint density at radius 2 is 1.50 bits per heavy atom. The first-order valence-corrected chi connectivity index (χ1v) is 14.6. The molecule has 0 amide bonds. The van der Waals surface area contributed by atoms with E-state index < -0.39 is 36.4 Å². The van der Waals surface area contributed by atoms with Crippen LogP contribution in [0, 0.1) is 0 Å². The van der Waals surface area contributed by atoms with Gasteiger partial charge in [0.2, 0.25) is 0 Å². The summed E-state index contributed by atoms with van der Waals surface area (Å²) in [5, 5.41) is 35.2. The van der Waals surface area contributed by atoms with Gasteiger partial charge < -0.3 is 30.3 Å². The van der Waals surface area contributed by atoms with Crippen molar-refractivity contribution in [3.8, 4) is 0 Å². The van der Waals surface area contributed by atoms with E-state index in [0.29, 0.717) is 11.5 Å². The smallest absolute Gasteiger partial charge is 0.336 e. The van der Waals surface area contributed by atoms with Gasteiger partial charge in [-0.1, -0.05) is 68.3 Å². The van der Waals surface area contributed by atoms with Crippen molar-refractivity contribution in [2.45, 2.75) is 88.2 Å². The molecule has 228 valence electrons. The van der Waals surface area contributed by atoms with Crippen LogP contribution in [-0.4, -0.2) is 73.5 Å². The van der Waals surface area contributed by atoms with Gasteiger partial charge in [-0.3, -0.25) is 9.59 Å². The lowest BCUT2D eigenvalue weighted by atomic mass is 9.71. The number of para-hydroxylation sites is 1. The number of aromatic nitrogens is 1. The molecule has 0 saturated heterocycles. The normalized spacial score (nSPS) is 18.8. The minimum absolute atomic E-state index is 0.401. The van der Waals surface area contributed by atoms with Crippen LogP contribution in [0.5, 0.6) is 0 Å². The molecule has 9 heteroatoms. The number of aliphatic carboxylic acids is 3. The Balaban J connectivity index is 0.000000316. The molecule has 5 N–H and O–H groups in total. The molecule has 0 bridgehead atoms. The fourth-order valence-corrected chi connectivity index (χ4v) is 6.14. The zero-order valence-electron chi connectivity index (χ0n) is 24.8. The molecule has 0 radical (unpaired) electrons. The topological polar surface area (TPSA) is 151 Å². The third-order valence-corrected chi connectivity index (χ3v) is 8.62. The summed E-state index contributed by atoms with van der Waals surface area (Å²) in [6.07, 6.45) is 7.90. The minimum Gasteiger partial charge on any atom is -0.481 e. The lowest BCUT2D eigenvalue weighted by Crippen LogP contribution is -2.46. The number of carboxylic acid groups (broad SMARTS) is 3. The van der Waals surface area contributed by atoms with E-state index in [2.05, 4.69) is 85.5 Å².